The monoisotopic (exact) mass is 559 g/mol. The number of hydrogen-bond acceptors (Lipinski definition) is 3. The molecule has 5 nitrogen and oxygen atoms in total. The fourth-order valence-electron chi connectivity index (χ4n) is 5.11. The molecule has 0 amide bonds. The van der Waals surface area contributed by atoms with Crippen LogP contribution in [-0.4, -0.2) is 28.8 Å². The molecule has 1 aliphatic heterocycles. The van der Waals surface area contributed by atoms with Crippen molar-refractivity contribution in [3.63, 3.8) is 0 Å². The van der Waals surface area contributed by atoms with Crippen molar-refractivity contribution in [1.82, 2.24) is 14.9 Å². The minimum Gasteiger partial charge on any atom is -0.378 e. The SMILES string of the molecule is Cc1cc(N2C(=S)NC(c3ccccn3)C2c2cc(C)n(-c3ccc(N(C)C)cc3)c2C)ccc1Br. The normalized spacial score (nSPS) is 17.4. The van der Waals surface area contributed by atoms with E-state index in [4.69, 9.17) is 17.2 Å². The Labute approximate surface area is 226 Å². The van der Waals surface area contributed by atoms with Crippen molar-refractivity contribution < 1.29 is 0 Å². The number of hydrogen-bond donors (Lipinski definition) is 1. The van der Waals surface area contributed by atoms with Crippen LogP contribution in [-0.2, 0) is 0 Å². The smallest absolute Gasteiger partial charge is 0.174 e. The number of nitrogens with one attached hydrogen (secondary N) is 1. The van der Waals surface area contributed by atoms with Crippen molar-refractivity contribution in [3.8, 4) is 5.69 Å². The van der Waals surface area contributed by atoms with Gasteiger partial charge in [0, 0.05) is 53.2 Å². The van der Waals surface area contributed by atoms with Crippen molar-refractivity contribution in [2.45, 2.75) is 32.9 Å². The van der Waals surface area contributed by atoms with Gasteiger partial charge in [-0.05, 0) is 105 Å². The molecular formula is C29H30BrN5S. The first-order valence-corrected chi connectivity index (χ1v) is 13.2. The number of pyridine rings is 1. The number of rotatable bonds is 5. The Bertz CT molecular complexity index is 1410. The van der Waals surface area contributed by atoms with Crippen LogP contribution >= 0.6 is 28.1 Å². The van der Waals surface area contributed by atoms with Crippen molar-refractivity contribution >= 4 is 44.6 Å². The molecule has 2 aromatic carbocycles. The van der Waals surface area contributed by atoms with Crippen molar-refractivity contribution in [3.05, 3.63) is 106 Å². The molecule has 0 radical (unpaired) electrons. The number of anilines is 2. The number of aryl methyl sites for hydroxylation is 2. The lowest BCUT2D eigenvalue weighted by Gasteiger charge is -2.28. The van der Waals surface area contributed by atoms with Gasteiger partial charge in [-0.2, -0.15) is 0 Å². The van der Waals surface area contributed by atoms with E-state index in [1.807, 2.05) is 18.3 Å². The van der Waals surface area contributed by atoms with Crippen molar-refractivity contribution in [1.29, 1.82) is 0 Å². The number of thiocarbonyl (C=S) groups is 1. The maximum absolute atomic E-state index is 5.93. The second-order valence-electron chi connectivity index (χ2n) is 9.50. The standard InChI is InChI=1S/C29H30BrN5S/c1-18-16-23(13-14-25(18)30)35-28(27(32-29(35)36)26-8-6-7-15-31-26)24-17-19(2)34(20(24)3)22-11-9-21(10-12-22)33(4)5/h6-17,27-28H,1-5H3,(H,32,36). The van der Waals surface area contributed by atoms with Gasteiger partial charge in [0.2, 0.25) is 0 Å². The van der Waals surface area contributed by atoms with E-state index in [1.54, 1.807) is 0 Å². The molecule has 184 valence electrons. The molecule has 7 heteroatoms. The molecule has 3 heterocycles. The summed E-state index contributed by atoms with van der Waals surface area (Å²) in [6, 6.07) is 23.3. The van der Waals surface area contributed by atoms with Crippen LogP contribution in [0.1, 0.15) is 40.3 Å². The number of halogens is 1. The van der Waals surface area contributed by atoms with Gasteiger partial charge in [-0.25, -0.2) is 0 Å². The third-order valence-electron chi connectivity index (χ3n) is 6.93. The zero-order valence-electron chi connectivity index (χ0n) is 21.2. The highest BCUT2D eigenvalue weighted by Crippen LogP contribution is 2.44. The van der Waals surface area contributed by atoms with E-state index < -0.39 is 0 Å². The molecule has 4 aromatic rings. The van der Waals surface area contributed by atoms with E-state index >= 15 is 0 Å². The fourth-order valence-corrected chi connectivity index (χ4v) is 5.70. The molecular weight excluding hydrogens is 530 g/mol. The van der Waals surface area contributed by atoms with E-state index in [2.05, 4.69) is 125 Å². The molecule has 0 saturated carbocycles. The summed E-state index contributed by atoms with van der Waals surface area (Å²) in [6.45, 7) is 6.47. The second kappa shape index (κ2) is 9.71. The fraction of sp³-hybridized carbons (Fsp3) is 0.241. The third-order valence-corrected chi connectivity index (χ3v) is 8.14. The number of aromatic nitrogens is 2. The molecule has 1 aliphatic rings. The molecule has 1 fully saturated rings. The molecule has 36 heavy (non-hydrogen) atoms. The number of nitrogens with zero attached hydrogens (tertiary/aromatic N) is 4. The average molecular weight is 561 g/mol. The lowest BCUT2D eigenvalue weighted by molar-refractivity contribution is 0.565. The molecule has 0 spiro atoms. The minimum atomic E-state index is -0.0762. The second-order valence-corrected chi connectivity index (χ2v) is 10.7. The van der Waals surface area contributed by atoms with E-state index in [-0.39, 0.29) is 12.1 Å². The Morgan fingerprint density at radius 1 is 0.944 bits per heavy atom. The average Bonchev–Trinajstić information content (AvgIpc) is 3.36. The van der Waals surface area contributed by atoms with Gasteiger partial charge >= 0.3 is 0 Å². The third kappa shape index (κ3) is 4.31. The Balaban J connectivity index is 1.65. The summed E-state index contributed by atoms with van der Waals surface area (Å²) in [5.74, 6) is 0. The van der Waals surface area contributed by atoms with Gasteiger partial charge in [-0.3, -0.25) is 4.98 Å². The van der Waals surface area contributed by atoms with Gasteiger partial charge in [0.15, 0.2) is 5.11 Å². The molecule has 0 aliphatic carbocycles. The highest BCUT2D eigenvalue weighted by atomic mass is 79.9. The van der Waals surface area contributed by atoms with Crippen LogP contribution in [0.5, 0.6) is 0 Å². The molecule has 2 unspecified atom stereocenters. The Hall–Kier alpha value is -3.16. The van der Waals surface area contributed by atoms with Gasteiger partial charge < -0.3 is 19.7 Å². The predicted molar refractivity (Wildman–Crippen MR) is 156 cm³/mol. The molecule has 2 aromatic heterocycles. The van der Waals surface area contributed by atoms with E-state index in [9.17, 15) is 0 Å². The highest BCUT2D eigenvalue weighted by Gasteiger charge is 2.42. The number of benzene rings is 2. The molecule has 1 N–H and O–H groups in total. The summed E-state index contributed by atoms with van der Waals surface area (Å²) >= 11 is 9.57. The van der Waals surface area contributed by atoms with Crippen molar-refractivity contribution in [2.75, 3.05) is 23.9 Å². The van der Waals surface area contributed by atoms with Gasteiger partial charge in [-0.15, -0.1) is 0 Å². The first-order valence-electron chi connectivity index (χ1n) is 12.0. The van der Waals surface area contributed by atoms with Crippen LogP contribution in [0.15, 0.2) is 77.4 Å². The quantitative estimate of drug-likeness (QED) is 0.272. The van der Waals surface area contributed by atoms with Crippen LogP contribution < -0.4 is 15.1 Å². The van der Waals surface area contributed by atoms with Gasteiger partial charge in [0.25, 0.3) is 0 Å². The van der Waals surface area contributed by atoms with Gasteiger partial charge in [-0.1, -0.05) is 22.0 Å². The topological polar surface area (TPSA) is 36.3 Å². The van der Waals surface area contributed by atoms with Crippen molar-refractivity contribution in [2.24, 2.45) is 0 Å². The van der Waals surface area contributed by atoms with Crippen LogP contribution in [0.4, 0.5) is 11.4 Å². The minimum absolute atomic E-state index is 0.0472. The van der Waals surface area contributed by atoms with Crippen LogP contribution in [0.3, 0.4) is 0 Å². The summed E-state index contributed by atoms with van der Waals surface area (Å²) in [6.07, 6.45) is 1.85. The van der Waals surface area contributed by atoms with Gasteiger partial charge in [0.05, 0.1) is 17.8 Å². The Kier molecular flexibility index (Phi) is 6.62. The lowest BCUT2D eigenvalue weighted by Crippen LogP contribution is -2.29. The molecule has 0 bridgehead atoms. The zero-order chi connectivity index (χ0) is 25.6. The van der Waals surface area contributed by atoms with Crippen LogP contribution in [0.2, 0.25) is 0 Å². The van der Waals surface area contributed by atoms with Crippen LogP contribution in [0, 0.1) is 20.8 Å². The molecule has 5 rings (SSSR count). The maximum Gasteiger partial charge on any atom is 0.174 e. The first kappa shape index (κ1) is 24.5. The van der Waals surface area contributed by atoms with E-state index in [0.29, 0.717) is 5.11 Å². The first-order chi connectivity index (χ1) is 17.3. The van der Waals surface area contributed by atoms with Crippen LogP contribution in [0.25, 0.3) is 5.69 Å². The molecule has 2 atom stereocenters. The van der Waals surface area contributed by atoms with E-state index in [0.717, 1.165) is 21.5 Å². The maximum atomic E-state index is 5.93. The van der Waals surface area contributed by atoms with E-state index in [1.165, 1.54) is 28.2 Å². The Morgan fingerprint density at radius 2 is 1.67 bits per heavy atom. The summed E-state index contributed by atoms with van der Waals surface area (Å²) < 4.78 is 3.41. The lowest BCUT2D eigenvalue weighted by atomic mass is 9.96. The summed E-state index contributed by atoms with van der Waals surface area (Å²) in [5.41, 5.74) is 9.15. The zero-order valence-corrected chi connectivity index (χ0v) is 23.6. The largest absolute Gasteiger partial charge is 0.378 e. The summed E-state index contributed by atoms with van der Waals surface area (Å²) in [5, 5.41) is 4.29. The molecule has 1 saturated heterocycles. The highest BCUT2D eigenvalue weighted by molar-refractivity contribution is 9.10. The van der Waals surface area contributed by atoms with Gasteiger partial charge in [0.1, 0.15) is 0 Å². The predicted octanol–water partition coefficient (Wildman–Crippen LogP) is 6.80. The summed E-state index contributed by atoms with van der Waals surface area (Å²) in [7, 11) is 4.12. The summed E-state index contributed by atoms with van der Waals surface area (Å²) in [4.78, 5) is 9.07. The Morgan fingerprint density at radius 3 is 2.31 bits per heavy atom.